The molecular formula is C16H31N3. The van der Waals surface area contributed by atoms with E-state index in [0.717, 1.165) is 17.9 Å². The quantitative estimate of drug-likeness (QED) is 0.839. The van der Waals surface area contributed by atoms with E-state index in [1.54, 1.807) is 0 Å². The molecule has 0 amide bonds. The molecule has 0 aromatic rings. The van der Waals surface area contributed by atoms with E-state index in [1.807, 2.05) is 0 Å². The Kier molecular flexibility index (Phi) is 4.78. The molecule has 2 heterocycles. The highest BCUT2D eigenvalue weighted by Crippen LogP contribution is 2.29. The van der Waals surface area contributed by atoms with Gasteiger partial charge in [0.1, 0.15) is 0 Å². The third-order valence-corrected chi connectivity index (χ3v) is 5.61. The van der Waals surface area contributed by atoms with Gasteiger partial charge in [-0.05, 0) is 37.6 Å². The van der Waals surface area contributed by atoms with Gasteiger partial charge < -0.3 is 10.2 Å². The molecule has 2 saturated heterocycles. The van der Waals surface area contributed by atoms with Gasteiger partial charge in [0.25, 0.3) is 0 Å². The van der Waals surface area contributed by atoms with Crippen molar-refractivity contribution in [2.45, 2.75) is 45.1 Å². The predicted octanol–water partition coefficient (Wildman–Crippen LogP) is 1.79. The maximum Gasteiger partial charge on any atom is 0.0233 e. The Morgan fingerprint density at radius 3 is 2.32 bits per heavy atom. The third kappa shape index (κ3) is 3.71. The zero-order chi connectivity index (χ0) is 13.1. The van der Waals surface area contributed by atoms with E-state index in [2.05, 4.69) is 22.0 Å². The molecule has 3 fully saturated rings. The summed E-state index contributed by atoms with van der Waals surface area (Å²) in [4.78, 5) is 5.46. The van der Waals surface area contributed by atoms with Gasteiger partial charge in [-0.25, -0.2) is 0 Å². The molecule has 0 aromatic carbocycles. The van der Waals surface area contributed by atoms with E-state index in [-0.39, 0.29) is 0 Å². The topological polar surface area (TPSA) is 18.5 Å². The molecule has 1 N–H and O–H groups in total. The van der Waals surface area contributed by atoms with E-state index < -0.39 is 0 Å². The average molecular weight is 265 g/mol. The zero-order valence-electron chi connectivity index (χ0n) is 12.6. The van der Waals surface area contributed by atoms with Crippen molar-refractivity contribution in [2.24, 2.45) is 11.8 Å². The van der Waals surface area contributed by atoms with Gasteiger partial charge in [-0.15, -0.1) is 0 Å². The standard InChI is InChI=1S/C16H31N3/c1-14-2-4-15(5-3-14)13-18-8-10-19(11-9-18)16-6-7-17-12-16/h14-17H,2-13H2,1H3. The number of hydrogen-bond acceptors (Lipinski definition) is 3. The fraction of sp³-hybridized carbons (Fsp3) is 1.00. The van der Waals surface area contributed by atoms with Crippen LogP contribution in [0.25, 0.3) is 0 Å². The molecule has 3 nitrogen and oxygen atoms in total. The van der Waals surface area contributed by atoms with E-state index >= 15 is 0 Å². The summed E-state index contributed by atoms with van der Waals surface area (Å²) in [5.74, 6) is 1.99. The molecule has 1 atom stereocenters. The molecule has 0 spiro atoms. The van der Waals surface area contributed by atoms with Gasteiger partial charge in [-0.1, -0.05) is 19.8 Å². The summed E-state index contributed by atoms with van der Waals surface area (Å²) in [6, 6.07) is 0.831. The van der Waals surface area contributed by atoms with Crippen LogP contribution in [0.4, 0.5) is 0 Å². The Bertz CT molecular complexity index is 259. The molecule has 19 heavy (non-hydrogen) atoms. The van der Waals surface area contributed by atoms with E-state index in [9.17, 15) is 0 Å². The van der Waals surface area contributed by atoms with Gasteiger partial charge in [-0.2, -0.15) is 0 Å². The first-order valence-corrected chi connectivity index (χ1v) is 8.48. The highest BCUT2D eigenvalue weighted by atomic mass is 15.3. The van der Waals surface area contributed by atoms with Crippen molar-refractivity contribution in [3.05, 3.63) is 0 Å². The van der Waals surface area contributed by atoms with Gasteiger partial charge in [0.15, 0.2) is 0 Å². The van der Waals surface area contributed by atoms with E-state index in [0.29, 0.717) is 0 Å². The molecule has 0 aromatic heterocycles. The van der Waals surface area contributed by atoms with Gasteiger partial charge >= 0.3 is 0 Å². The highest BCUT2D eigenvalue weighted by molar-refractivity contribution is 4.85. The number of rotatable bonds is 3. The summed E-state index contributed by atoms with van der Waals surface area (Å²) in [6.45, 7) is 11.5. The maximum atomic E-state index is 3.50. The Morgan fingerprint density at radius 2 is 1.68 bits per heavy atom. The van der Waals surface area contributed by atoms with E-state index in [1.165, 1.54) is 77.9 Å². The number of hydrogen-bond donors (Lipinski definition) is 1. The second-order valence-electron chi connectivity index (χ2n) is 7.11. The molecule has 1 saturated carbocycles. The number of nitrogens with one attached hydrogen (secondary N) is 1. The first-order chi connectivity index (χ1) is 9.31. The fourth-order valence-electron chi connectivity index (χ4n) is 4.14. The Hall–Kier alpha value is -0.120. The van der Waals surface area contributed by atoms with Crippen molar-refractivity contribution in [3.8, 4) is 0 Å². The average Bonchev–Trinajstić information content (AvgIpc) is 2.96. The van der Waals surface area contributed by atoms with Crippen LogP contribution < -0.4 is 5.32 Å². The van der Waals surface area contributed by atoms with Crippen LogP contribution >= 0.6 is 0 Å². The second kappa shape index (κ2) is 6.55. The second-order valence-corrected chi connectivity index (χ2v) is 7.11. The summed E-state index contributed by atoms with van der Waals surface area (Å²) >= 11 is 0. The Morgan fingerprint density at radius 1 is 0.947 bits per heavy atom. The number of piperazine rings is 1. The minimum absolute atomic E-state index is 0.831. The highest BCUT2D eigenvalue weighted by Gasteiger charge is 2.27. The monoisotopic (exact) mass is 265 g/mol. The summed E-state index contributed by atoms with van der Waals surface area (Å²) in [5.41, 5.74) is 0. The third-order valence-electron chi connectivity index (χ3n) is 5.61. The molecule has 3 aliphatic rings. The van der Waals surface area contributed by atoms with Crippen LogP contribution in [0.15, 0.2) is 0 Å². The Labute approximate surface area is 118 Å². The molecule has 1 aliphatic carbocycles. The van der Waals surface area contributed by atoms with Crippen LogP contribution in [-0.2, 0) is 0 Å². The lowest BCUT2D eigenvalue weighted by atomic mass is 9.83. The van der Waals surface area contributed by atoms with Gasteiger partial charge in [0, 0.05) is 45.3 Å². The van der Waals surface area contributed by atoms with Crippen molar-refractivity contribution in [1.29, 1.82) is 0 Å². The summed E-state index contributed by atoms with van der Waals surface area (Å²) in [7, 11) is 0. The van der Waals surface area contributed by atoms with Crippen molar-refractivity contribution < 1.29 is 0 Å². The predicted molar refractivity (Wildman–Crippen MR) is 80.4 cm³/mol. The van der Waals surface area contributed by atoms with Crippen molar-refractivity contribution >= 4 is 0 Å². The van der Waals surface area contributed by atoms with Gasteiger partial charge in [0.05, 0.1) is 0 Å². The lowest BCUT2D eigenvalue weighted by Crippen LogP contribution is -2.51. The van der Waals surface area contributed by atoms with Crippen LogP contribution in [-0.4, -0.2) is 61.7 Å². The molecule has 3 heteroatoms. The molecule has 0 bridgehead atoms. The normalized spacial score (nSPS) is 38.7. The van der Waals surface area contributed by atoms with Crippen LogP contribution in [0.3, 0.4) is 0 Å². The summed E-state index contributed by atoms with van der Waals surface area (Å²) in [6.07, 6.45) is 7.26. The first-order valence-electron chi connectivity index (χ1n) is 8.48. The van der Waals surface area contributed by atoms with Crippen LogP contribution in [0.5, 0.6) is 0 Å². The molecule has 3 rings (SSSR count). The molecular weight excluding hydrogens is 234 g/mol. The minimum Gasteiger partial charge on any atom is -0.315 e. The van der Waals surface area contributed by atoms with Gasteiger partial charge in [-0.3, -0.25) is 4.90 Å². The lowest BCUT2D eigenvalue weighted by molar-refractivity contribution is 0.0836. The van der Waals surface area contributed by atoms with Crippen molar-refractivity contribution in [3.63, 3.8) is 0 Å². The SMILES string of the molecule is CC1CCC(CN2CCN(C3CCNC3)CC2)CC1. The van der Waals surface area contributed by atoms with Gasteiger partial charge in [0.2, 0.25) is 0 Å². The first kappa shape index (κ1) is 13.8. The maximum absolute atomic E-state index is 3.50. The molecule has 110 valence electrons. The van der Waals surface area contributed by atoms with E-state index in [4.69, 9.17) is 0 Å². The molecule has 1 unspecified atom stereocenters. The Balaban J connectivity index is 1.38. The van der Waals surface area contributed by atoms with Crippen molar-refractivity contribution in [2.75, 3.05) is 45.8 Å². The molecule has 2 aliphatic heterocycles. The van der Waals surface area contributed by atoms with Crippen LogP contribution in [0, 0.1) is 11.8 Å². The summed E-state index contributed by atoms with van der Waals surface area (Å²) < 4.78 is 0. The van der Waals surface area contributed by atoms with Crippen LogP contribution in [0.2, 0.25) is 0 Å². The summed E-state index contributed by atoms with van der Waals surface area (Å²) in [5, 5.41) is 3.50. The minimum atomic E-state index is 0.831. The smallest absolute Gasteiger partial charge is 0.0233 e. The number of nitrogens with zero attached hydrogens (tertiary/aromatic N) is 2. The fourth-order valence-corrected chi connectivity index (χ4v) is 4.14. The molecule has 0 radical (unpaired) electrons. The lowest BCUT2D eigenvalue weighted by Gasteiger charge is -2.40. The van der Waals surface area contributed by atoms with Crippen molar-refractivity contribution in [1.82, 2.24) is 15.1 Å². The zero-order valence-corrected chi connectivity index (χ0v) is 12.6. The largest absolute Gasteiger partial charge is 0.315 e. The van der Waals surface area contributed by atoms with Crippen LogP contribution in [0.1, 0.15) is 39.0 Å².